The Balaban J connectivity index is 0.000000817. The SMILES string of the molecule is COc1cc(OC)c(O)c(Pc2ccccc2N2CCCCC2)c1.[Cl][Ti][Cl]. The van der Waals surface area contributed by atoms with Crippen LogP contribution in [0.2, 0.25) is 0 Å². The molecule has 1 N–H and O–H groups in total. The number of aromatic hydroxyl groups is 1. The molecule has 8 heteroatoms. The van der Waals surface area contributed by atoms with Crippen LogP contribution in [0.3, 0.4) is 0 Å². The van der Waals surface area contributed by atoms with Crippen molar-refractivity contribution >= 4 is 43.5 Å². The summed E-state index contributed by atoms with van der Waals surface area (Å²) in [5.41, 5.74) is 1.27. The standard InChI is InChI=1S/C19H24NO3P.2ClH.Ti/c1-22-14-12-16(23-2)19(21)18(13-14)24-17-9-5-4-8-15(17)20-10-6-3-7-11-20;;;/h4-5,8-9,12-13,21,24H,3,6-7,10-11H2,1-2H3;2*1H;/q;;;+2/p-2. The Labute approximate surface area is 179 Å². The molecule has 146 valence electrons. The second-order valence-corrected chi connectivity index (χ2v) is 9.89. The Kier molecular flexibility index (Phi) is 10.1. The van der Waals surface area contributed by atoms with Crippen LogP contribution in [-0.2, 0) is 17.0 Å². The molecule has 1 aliphatic rings. The molecule has 1 unspecified atom stereocenters. The van der Waals surface area contributed by atoms with E-state index in [1.54, 1.807) is 20.3 Å². The Morgan fingerprint density at radius 3 is 2.30 bits per heavy atom. The number of benzene rings is 2. The van der Waals surface area contributed by atoms with Gasteiger partial charge in [0, 0.05) is 35.5 Å². The maximum absolute atomic E-state index is 10.5. The topological polar surface area (TPSA) is 41.9 Å². The Bertz CT molecular complexity index is 730. The maximum atomic E-state index is 10.5. The molecule has 1 atom stereocenters. The van der Waals surface area contributed by atoms with Crippen LogP contribution < -0.4 is 25.0 Å². The molecular weight excluding hydrogens is 440 g/mol. The number of ether oxygens (including phenoxy) is 2. The number of halogens is 2. The van der Waals surface area contributed by atoms with Crippen LogP contribution in [0.1, 0.15) is 19.3 Å². The van der Waals surface area contributed by atoms with E-state index in [9.17, 15) is 5.11 Å². The van der Waals surface area contributed by atoms with Crippen molar-refractivity contribution in [3.05, 3.63) is 36.4 Å². The molecule has 27 heavy (non-hydrogen) atoms. The predicted molar refractivity (Wildman–Crippen MR) is 113 cm³/mol. The Hall–Kier alpha value is -0.636. The zero-order valence-electron chi connectivity index (χ0n) is 15.5. The minimum absolute atomic E-state index is 0.199. The van der Waals surface area contributed by atoms with Crippen molar-refractivity contribution in [1.82, 2.24) is 0 Å². The summed E-state index contributed by atoms with van der Waals surface area (Å²) < 4.78 is 10.6. The van der Waals surface area contributed by atoms with E-state index in [0.29, 0.717) is 20.1 Å². The molecule has 0 aromatic heterocycles. The second kappa shape index (κ2) is 12.0. The van der Waals surface area contributed by atoms with Gasteiger partial charge in [-0.3, -0.25) is 0 Å². The third-order valence-corrected chi connectivity index (χ3v) is 5.72. The van der Waals surface area contributed by atoms with Gasteiger partial charge in [-0.2, -0.15) is 0 Å². The molecule has 4 nitrogen and oxygen atoms in total. The molecule has 0 radical (unpaired) electrons. The summed E-state index contributed by atoms with van der Waals surface area (Å²) >= 11 is -0.556. The van der Waals surface area contributed by atoms with Crippen molar-refractivity contribution in [1.29, 1.82) is 0 Å². The number of piperidine rings is 1. The summed E-state index contributed by atoms with van der Waals surface area (Å²) in [6.45, 7) is 2.21. The van der Waals surface area contributed by atoms with E-state index in [1.165, 1.54) is 30.3 Å². The fourth-order valence-electron chi connectivity index (χ4n) is 3.09. The molecule has 0 bridgehead atoms. The average Bonchev–Trinajstić information content (AvgIpc) is 2.71. The number of phenolic OH excluding ortho intramolecular Hbond substituents is 1. The number of rotatable bonds is 5. The molecule has 0 spiro atoms. The molecule has 0 aliphatic carbocycles. The van der Waals surface area contributed by atoms with E-state index in [4.69, 9.17) is 28.1 Å². The third-order valence-electron chi connectivity index (χ3n) is 4.37. The molecule has 1 heterocycles. The normalized spacial score (nSPS) is 13.9. The summed E-state index contributed by atoms with van der Waals surface area (Å²) in [6.07, 6.45) is 3.81. The molecule has 1 saturated heterocycles. The van der Waals surface area contributed by atoms with E-state index < -0.39 is 17.0 Å². The average molecular weight is 464 g/mol. The van der Waals surface area contributed by atoms with E-state index in [-0.39, 0.29) is 5.75 Å². The Morgan fingerprint density at radius 1 is 1.00 bits per heavy atom. The molecule has 3 rings (SSSR count). The fraction of sp³-hybridized carbons (Fsp3) is 0.368. The van der Waals surface area contributed by atoms with Gasteiger partial charge in [0.1, 0.15) is 5.75 Å². The number of anilines is 1. The van der Waals surface area contributed by atoms with Crippen LogP contribution >= 0.6 is 27.2 Å². The zero-order valence-corrected chi connectivity index (χ0v) is 19.5. The van der Waals surface area contributed by atoms with Gasteiger partial charge in [0.15, 0.2) is 11.5 Å². The Morgan fingerprint density at radius 2 is 1.67 bits per heavy atom. The van der Waals surface area contributed by atoms with Crippen molar-refractivity contribution in [2.45, 2.75) is 19.3 Å². The van der Waals surface area contributed by atoms with Crippen LogP contribution in [0.5, 0.6) is 17.2 Å². The van der Waals surface area contributed by atoms with E-state index in [2.05, 4.69) is 29.2 Å². The van der Waals surface area contributed by atoms with Crippen molar-refractivity contribution in [3.8, 4) is 17.2 Å². The number of hydrogen-bond donors (Lipinski definition) is 1. The van der Waals surface area contributed by atoms with Crippen LogP contribution in [0.4, 0.5) is 5.69 Å². The number of hydrogen-bond acceptors (Lipinski definition) is 4. The molecule has 2 aromatic carbocycles. The summed E-state index contributed by atoms with van der Waals surface area (Å²) in [5, 5.41) is 12.6. The van der Waals surface area contributed by atoms with Crippen LogP contribution in [-0.4, -0.2) is 32.4 Å². The summed E-state index contributed by atoms with van der Waals surface area (Å²) in [7, 11) is 13.3. The van der Waals surface area contributed by atoms with Gasteiger partial charge in [-0.25, -0.2) is 0 Å². The first-order valence-electron chi connectivity index (χ1n) is 8.66. The zero-order chi connectivity index (χ0) is 19.6. The van der Waals surface area contributed by atoms with Crippen molar-refractivity contribution in [3.63, 3.8) is 0 Å². The molecule has 0 saturated carbocycles. The number of nitrogens with zero attached hydrogens (tertiary/aromatic N) is 1. The van der Waals surface area contributed by atoms with Crippen molar-refractivity contribution in [2.24, 2.45) is 0 Å². The summed E-state index contributed by atoms with van der Waals surface area (Å²) in [5.74, 6) is 1.35. The quantitative estimate of drug-likeness (QED) is 0.527. The van der Waals surface area contributed by atoms with Crippen LogP contribution in [0, 0.1) is 0 Å². The molecular formula is C19H24Cl2NO3PTi. The minimum atomic E-state index is -0.556. The first-order chi connectivity index (χ1) is 13.1. The van der Waals surface area contributed by atoms with Gasteiger partial charge in [0.05, 0.1) is 14.2 Å². The van der Waals surface area contributed by atoms with Crippen molar-refractivity contribution < 1.29 is 31.6 Å². The number of para-hydroxylation sites is 1. The molecule has 1 aliphatic heterocycles. The van der Waals surface area contributed by atoms with Gasteiger partial charge in [-0.15, -0.1) is 0 Å². The van der Waals surface area contributed by atoms with Gasteiger partial charge in [0.25, 0.3) is 0 Å². The van der Waals surface area contributed by atoms with Crippen LogP contribution in [0.25, 0.3) is 0 Å². The van der Waals surface area contributed by atoms with E-state index >= 15 is 0 Å². The fourth-order valence-corrected chi connectivity index (χ4v) is 4.38. The van der Waals surface area contributed by atoms with Gasteiger partial charge in [-0.1, -0.05) is 26.8 Å². The first kappa shape index (κ1) is 22.7. The number of phenols is 1. The van der Waals surface area contributed by atoms with Gasteiger partial charge >= 0.3 is 35.6 Å². The first-order valence-corrected chi connectivity index (χ1v) is 14.0. The number of methoxy groups -OCH3 is 2. The monoisotopic (exact) mass is 463 g/mol. The molecule has 1 fully saturated rings. The van der Waals surface area contributed by atoms with E-state index in [1.807, 2.05) is 6.07 Å². The summed E-state index contributed by atoms with van der Waals surface area (Å²) in [4.78, 5) is 2.46. The van der Waals surface area contributed by atoms with Gasteiger partial charge in [-0.05, 0) is 31.4 Å². The molecule has 2 aromatic rings. The third kappa shape index (κ3) is 6.44. The van der Waals surface area contributed by atoms with E-state index in [0.717, 1.165) is 18.4 Å². The van der Waals surface area contributed by atoms with Gasteiger partial charge < -0.3 is 19.5 Å². The molecule has 0 amide bonds. The van der Waals surface area contributed by atoms with Gasteiger partial charge in [0.2, 0.25) is 0 Å². The second-order valence-electron chi connectivity index (χ2n) is 5.99. The van der Waals surface area contributed by atoms with Crippen LogP contribution in [0.15, 0.2) is 36.4 Å². The summed E-state index contributed by atoms with van der Waals surface area (Å²) in [6, 6.07) is 12.1. The predicted octanol–water partition coefficient (Wildman–Crippen LogP) is 4.41. The van der Waals surface area contributed by atoms with Crippen molar-refractivity contribution in [2.75, 3.05) is 32.2 Å².